The van der Waals surface area contributed by atoms with E-state index >= 15 is 0 Å². The number of rotatable bonds is 7. The SMILES string of the molecule is CCCCN1C(=O)/C(=C\c2cccc(OCc3ccccc3)c2)NC1=S. The van der Waals surface area contributed by atoms with E-state index in [0.717, 1.165) is 29.7 Å². The van der Waals surface area contributed by atoms with Crippen LogP contribution in [-0.2, 0) is 11.4 Å². The predicted octanol–water partition coefficient (Wildman–Crippen LogP) is 4.12. The third-order valence-corrected chi connectivity index (χ3v) is 4.44. The predicted molar refractivity (Wildman–Crippen MR) is 108 cm³/mol. The normalized spacial score (nSPS) is 15.4. The van der Waals surface area contributed by atoms with Crippen molar-refractivity contribution in [1.82, 2.24) is 10.2 Å². The molecule has 4 nitrogen and oxygen atoms in total. The first-order valence-electron chi connectivity index (χ1n) is 8.78. The summed E-state index contributed by atoms with van der Waals surface area (Å²) in [6.45, 7) is 3.25. The van der Waals surface area contributed by atoms with Gasteiger partial charge in [0.15, 0.2) is 5.11 Å². The summed E-state index contributed by atoms with van der Waals surface area (Å²) in [5.74, 6) is 0.693. The number of unbranched alkanes of at least 4 members (excludes halogenated alkanes) is 1. The first-order valence-corrected chi connectivity index (χ1v) is 9.19. The molecule has 0 spiro atoms. The molecule has 1 heterocycles. The van der Waals surface area contributed by atoms with E-state index in [1.165, 1.54) is 0 Å². The number of carbonyl (C=O) groups excluding carboxylic acids is 1. The Morgan fingerprint density at radius 2 is 1.96 bits per heavy atom. The molecule has 1 N–H and O–H groups in total. The van der Waals surface area contributed by atoms with Crippen molar-refractivity contribution < 1.29 is 9.53 Å². The number of carbonyl (C=O) groups is 1. The van der Waals surface area contributed by atoms with E-state index in [9.17, 15) is 4.79 Å². The minimum absolute atomic E-state index is 0.0703. The minimum atomic E-state index is -0.0703. The topological polar surface area (TPSA) is 41.6 Å². The largest absolute Gasteiger partial charge is 0.489 e. The van der Waals surface area contributed by atoms with Crippen LogP contribution in [0.25, 0.3) is 6.08 Å². The van der Waals surface area contributed by atoms with E-state index in [2.05, 4.69) is 12.2 Å². The number of benzene rings is 2. The summed E-state index contributed by atoms with van der Waals surface area (Å²) in [4.78, 5) is 14.1. The molecule has 0 radical (unpaired) electrons. The molecule has 0 bridgehead atoms. The fourth-order valence-electron chi connectivity index (χ4n) is 2.69. The summed E-state index contributed by atoms with van der Waals surface area (Å²) >= 11 is 5.27. The summed E-state index contributed by atoms with van der Waals surface area (Å²) in [6, 6.07) is 17.7. The van der Waals surface area contributed by atoms with E-state index in [1.807, 2.05) is 60.7 Å². The van der Waals surface area contributed by atoms with E-state index in [0.29, 0.717) is 24.0 Å². The molecule has 134 valence electrons. The molecular weight excluding hydrogens is 344 g/mol. The Hall–Kier alpha value is -2.66. The number of hydrogen-bond acceptors (Lipinski definition) is 3. The summed E-state index contributed by atoms with van der Waals surface area (Å²) in [5, 5.41) is 3.49. The van der Waals surface area contributed by atoms with Gasteiger partial charge in [0.05, 0.1) is 0 Å². The highest BCUT2D eigenvalue weighted by molar-refractivity contribution is 7.80. The molecule has 1 saturated heterocycles. The molecule has 1 fully saturated rings. The number of nitrogens with zero attached hydrogens (tertiary/aromatic N) is 1. The summed E-state index contributed by atoms with van der Waals surface area (Å²) in [5.41, 5.74) is 2.51. The van der Waals surface area contributed by atoms with Crippen molar-refractivity contribution in [1.29, 1.82) is 0 Å². The molecule has 0 atom stereocenters. The molecular formula is C21H22N2O2S. The Morgan fingerprint density at radius 1 is 1.15 bits per heavy atom. The second-order valence-corrected chi connectivity index (χ2v) is 6.53. The number of hydrogen-bond donors (Lipinski definition) is 1. The number of amides is 1. The van der Waals surface area contributed by atoms with Crippen LogP contribution >= 0.6 is 12.2 Å². The Balaban J connectivity index is 1.69. The van der Waals surface area contributed by atoms with E-state index in [-0.39, 0.29) is 5.91 Å². The number of nitrogens with one attached hydrogen (secondary N) is 1. The molecule has 2 aromatic carbocycles. The lowest BCUT2D eigenvalue weighted by molar-refractivity contribution is -0.122. The molecule has 1 aliphatic heterocycles. The van der Waals surface area contributed by atoms with Crippen molar-refractivity contribution in [2.75, 3.05) is 6.54 Å². The number of thiocarbonyl (C=S) groups is 1. The zero-order valence-corrected chi connectivity index (χ0v) is 15.6. The van der Waals surface area contributed by atoms with Gasteiger partial charge in [0.25, 0.3) is 5.91 Å². The standard InChI is InChI=1S/C21H22N2O2S/c1-2-3-12-23-20(24)19(22-21(23)26)14-17-10-7-11-18(13-17)25-15-16-8-5-4-6-9-16/h4-11,13-14H,2-3,12,15H2,1H3,(H,22,26)/b19-14+. The summed E-state index contributed by atoms with van der Waals surface area (Å²) < 4.78 is 5.85. The average molecular weight is 366 g/mol. The second kappa shape index (κ2) is 8.63. The summed E-state index contributed by atoms with van der Waals surface area (Å²) in [7, 11) is 0. The second-order valence-electron chi connectivity index (χ2n) is 6.15. The lowest BCUT2D eigenvalue weighted by Crippen LogP contribution is -2.31. The van der Waals surface area contributed by atoms with E-state index < -0.39 is 0 Å². The van der Waals surface area contributed by atoms with Gasteiger partial charge in [0, 0.05) is 6.54 Å². The fourth-order valence-corrected chi connectivity index (χ4v) is 2.98. The first kappa shape index (κ1) is 18.1. The zero-order valence-electron chi connectivity index (χ0n) is 14.8. The van der Waals surface area contributed by atoms with Gasteiger partial charge in [-0.15, -0.1) is 0 Å². The smallest absolute Gasteiger partial charge is 0.276 e. The van der Waals surface area contributed by atoms with Crippen molar-refractivity contribution in [3.05, 3.63) is 71.4 Å². The van der Waals surface area contributed by atoms with Crippen molar-refractivity contribution in [2.45, 2.75) is 26.4 Å². The maximum Gasteiger partial charge on any atom is 0.276 e. The van der Waals surface area contributed by atoms with Gasteiger partial charge in [-0.1, -0.05) is 55.8 Å². The molecule has 26 heavy (non-hydrogen) atoms. The number of ether oxygens (including phenoxy) is 1. The third kappa shape index (κ3) is 4.49. The van der Waals surface area contributed by atoms with Crippen molar-refractivity contribution in [2.24, 2.45) is 0 Å². The lowest BCUT2D eigenvalue weighted by Gasteiger charge is -2.12. The molecule has 5 heteroatoms. The Labute approximate surface area is 159 Å². The van der Waals surface area contributed by atoms with Gasteiger partial charge in [0.2, 0.25) is 0 Å². The van der Waals surface area contributed by atoms with Gasteiger partial charge in [-0.3, -0.25) is 9.69 Å². The third-order valence-electron chi connectivity index (χ3n) is 4.12. The highest BCUT2D eigenvalue weighted by Gasteiger charge is 2.29. The van der Waals surface area contributed by atoms with Gasteiger partial charge in [-0.25, -0.2) is 0 Å². The molecule has 2 aromatic rings. The Morgan fingerprint density at radius 3 is 2.73 bits per heavy atom. The van der Waals surface area contributed by atoms with Gasteiger partial charge in [-0.2, -0.15) is 0 Å². The molecule has 0 aliphatic carbocycles. The highest BCUT2D eigenvalue weighted by Crippen LogP contribution is 2.19. The summed E-state index contributed by atoms with van der Waals surface area (Å²) in [6.07, 6.45) is 3.77. The van der Waals surface area contributed by atoms with Crippen molar-refractivity contribution in [3.63, 3.8) is 0 Å². The van der Waals surface area contributed by atoms with Crippen molar-refractivity contribution in [3.8, 4) is 5.75 Å². The van der Waals surface area contributed by atoms with Gasteiger partial charge >= 0.3 is 0 Å². The van der Waals surface area contributed by atoms with Crippen LogP contribution in [0.3, 0.4) is 0 Å². The Bertz CT molecular complexity index is 818. The van der Waals surface area contributed by atoms with Crippen LogP contribution in [0.1, 0.15) is 30.9 Å². The maximum atomic E-state index is 12.5. The van der Waals surface area contributed by atoms with Crippen LogP contribution in [0, 0.1) is 0 Å². The van der Waals surface area contributed by atoms with Crippen LogP contribution in [0.2, 0.25) is 0 Å². The first-order chi connectivity index (χ1) is 12.7. The van der Waals surface area contributed by atoms with Crippen LogP contribution in [0.4, 0.5) is 0 Å². The maximum absolute atomic E-state index is 12.5. The molecule has 0 saturated carbocycles. The van der Waals surface area contributed by atoms with Crippen LogP contribution < -0.4 is 10.1 Å². The molecule has 0 aromatic heterocycles. The molecule has 1 amide bonds. The minimum Gasteiger partial charge on any atom is -0.489 e. The fraction of sp³-hybridized carbons (Fsp3) is 0.238. The van der Waals surface area contributed by atoms with Crippen LogP contribution in [-0.4, -0.2) is 22.5 Å². The average Bonchev–Trinajstić information content (AvgIpc) is 2.92. The van der Waals surface area contributed by atoms with E-state index in [4.69, 9.17) is 17.0 Å². The van der Waals surface area contributed by atoms with E-state index in [1.54, 1.807) is 4.90 Å². The monoisotopic (exact) mass is 366 g/mol. The van der Waals surface area contributed by atoms with Gasteiger partial charge in [0.1, 0.15) is 18.1 Å². The lowest BCUT2D eigenvalue weighted by atomic mass is 10.1. The van der Waals surface area contributed by atoms with Crippen LogP contribution in [0.5, 0.6) is 5.75 Å². The zero-order chi connectivity index (χ0) is 18.4. The van der Waals surface area contributed by atoms with Gasteiger partial charge < -0.3 is 10.1 Å². The Kier molecular flexibility index (Phi) is 6.02. The molecule has 3 rings (SSSR count). The highest BCUT2D eigenvalue weighted by atomic mass is 32.1. The van der Waals surface area contributed by atoms with Gasteiger partial charge in [-0.05, 0) is 48.0 Å². The van der Waals surface area contributed by atoms with Crippen molar-refractivity contribution >= 4 is 29.3 Å². The quantitative estimate of drug-likeness (QED) is 0.591. The van der Waals surface area contributed by atoms with Crippen LogP contribution in [0.15, 0.2) is 60.3 Å². The molecule has 1 aliphatic rings. The molecule has 0 unspecified atom stereocenters.